The van der Waals surface area contributed by atoms with E-state index < -0.39 is 6.10 Å². The highest BCUT2D eigenvalue weighted by atomic mass is 79.9. The third-order valence-electron chi connectivity index (χ3n) is 3.07. The van der Waals surface area contributed by atoms with Crippen molar-refractivity contribution in [1.29, 1.82) is 0 Å². The molecular formula is C14H18BrNO3. The van der Waals surface area contributed by atoms with Crippen molar-refractivity contribution in [2.24, 2.45) is 5.92 Å². The van der Waals surface area contributed by atoms with Crippen LogP contribution in [-0.2, 0) is 4.79 Å². The van der Waals surface area contributed by atoms with Crippen LogP contribution >= 0.6 is 15.9 Å². The Labute approximate surface area is 121 Å². The maximum absolute atomic E-state index is 11.6. The lowest BCUT2D eigenvalue weighted by Gasteiger charge is -2.13. The second kappa shape index (κ2) is 6.39. The summed E-state index contributed by atoms with van der Waals surface area (Å²) in [5.41, 5.74) is 0.671. The van der Waals surface area contributed by atoms with Crippen LogP contribution in [0.5, 0.6) is 5.75 Å². The van der Waals surface area contributed by atoms with Gasteiger partial charge in [-0.15, -0.1) is 0 Å². The fourth-order valence-electron chi connectivity index (χ4n) is 1.75. The van der Waals surface area contributed by atoms with Gasteiger partial charge >= 0.3 is 0 Å². The van der Waals surface area contributed by atoms with Crippen LogP contribution in [0.25, 0.3) is 0 Å². The Balaban J connectivity index is 1.88. The Hall–Kier alpha value is -1.07. The highest BCUT2D eigenvalue weighted by molar-refractivity contribution is 9.10. The van der Waals surface area contributed by atoms with E-state index in [0.717, 1.165) is 11.0 Å². The Bertz CT molecular complexity index is 458. The summed E-state index contributed by atoms with van der Waals surface area (Å²) in [6, 6.07) is 5.37. The second-order valence-electron chi connectivity index (χ2n) is 4.89. The number of ether oxygens (including phenoxy) is 1. The third kappa shape index (κ3) is 4.51. The van der Waals surface area contributed by atoms with E-state index in [0.29, 0.717) is 17.2 Å². The maximum atomic E-state index is 11.6. The number of hydrogen-bond donors (Lipinski definition) is 2. The molecule has 0 aromatic heterocycles. The van der Waals surface area contributed by atoms with Crippen LogP contribution in [0.3, 0.4) is 0 Å². The number of halogens is 1. The van der Waals surface area contributed by atoms with Gasteiger partial charge in [-0.3, -0.25) is 4.79 Å². The monoisotopic (exact) mass is 327 g/mol. The fourth-order valence-corrected chi connectivity index (χ4v) is 2.13. The van der Waals surface area contributed by atoms with Crippen LogP contribution < -0.4 is 10.1 Å². The summed E-state index contributed by atoms with van der Waals surface area (Å²) in [5, 5.41) is 12.5. The zero-order chi connectivity index (χ0) is 13.8. The summed E-state index contributed by atoms with van der Waals surface area (Å²) >= 11 is 3.35. The molecule has 1 aliphatic rings. The molecule has 0 heterocycles. The molecule has 0 bridgehead atoms. The second-order valence-corrected chi connectivity index (χ2v) is 5.81. The predicted octanol–water partition coefficient (Wildman–Crippen LogP) is 2.41. The molecular weight excluding hydrogens is 310 g/mol. The topological polar surface area (TPSA) is 58.6 Å². The van der Waals surface area contributed by atoms with Crippen LogP contribution in [0.2, 0.25) is 0 Å². The quantitative estimate of drug-likeness (QED) is 0.843. The van der Waals surface area contributed by atoms with Gasteiger partial charge in [-0.1, -0.05) is 15.9 Å². The van der Waals surface area contributed by atoms with Crippen LogP contribution in [0, 0.1) is 5.92 Å². The van der Waals surface area contributed by atoms with Gasteiger partial charge in [0.05, 0.1) is 6.10 Å². The first-order valence-corrected chi connectivity index (χ1v) is 7.22. The van der Waals surface area contributed by atoms with Gasteiger partial charge in [0, 0.05) is 16.6 Å². The van der Waals surface area contributed by atoms with E-state index in [9.17, 15) is 9.90 Å². The van der Waals surface area contributed by atoms with Crippen LogP contribution in [0.4, 0.5) is 0 Å². The number of amides is 1. The lowest BCUT2D eigenvalue weighted by Crippen LogP contribution is -2.30. The lowest BCUT2D eigenvalue weighted by molar-refractivity contribution is -0.123. The van der Waals surface area contributed by atoms with Crippen LogP contribution in [-0.4, -0.2) is 24.2 Å². The highest BCUT2D eigenvalue weighted by Gasteiger charge is 2.21. The number of carbonyl (C=O) groups is 1. The molecule has 19 heavy (non-hydrogen) atoms. The number of rotatable bonds is 6. The maximum Gasteiger partial charge on any atom is 0.257 e. The van der Waals surface area contributed by atoms with E-state index in [1.807, 2.05) is 6.07 Å². The number of hydrogen-bond acceptors (Lipinski definition) is 3. The van der Waals surface area contributed by atoms with E-state index in [1.54, 1.807) is 19.1 Å². The smallest absolute Gasteiger partial charge is 0.257 e. The summed E-state index contributed by atoms with van der Waals surface area (Å²) in [4.78, 5) is 11.6. The Morgan fingerprint density at radius 2 is 2.32 bits per heavy atom. The normalized spacial score (nSPS) is 15.9. The molecule has 2 rings (SSSR count). The van der Waals surface area contributed by atoms with Crippen LogP contribution in [0.15, 0.2) is 22.7 Å². The van der Waals surface area contributed by atoms with Gasteiger partial charge < -0.3 is 15.2 Å². The van der Waals surface area contributed by atoms with Gasteiger partial charge in [0.25, 0.3) is 5.91 Å². The highest BCUT2D eigenvalue weighted by Crippen LogP contribution is 2.29. The van der Waals surface area contributed by atoms with Crippen molar-refractivity contribution >= 4 is 21.8 Å². The first kappa shape index (κ1) is 14.3. The summed E-state index contributed by atoms with van der Waals surface area (Å²) in [5.74, 6) is 1.08. The predicted molar refractivity (Wildman–Crippen MR) is 76.0 cm³/mol. The molecule has 4 nitrogen and oxygen atoms in total. The average molecular weight is 328 g/mol. The van der Waals surface area contributed by atoms with Crippen molar-refractivity contribution in [3.63, 3.8) is 0 Å². The van der Waals surface area contributed by atoms with Crippen LogP contribution in [0.1, 0.15) is 31.4 Å². The van der Waals surface area contributed by atoms with Gasteiger partial charge in [-0.25, -0.2) is 0 Å². The first-order valence-electron chi connectivity index (χ1n) is 6.43. The number of nitrogens with one attached hydrogen (secondary N) is 1. The number of carbonyl (C=O) groups excluding carboxylic acids is 1. The number of aliphatic hydroxyl groups is 1. The van der Waals surface area contributed by atoms with Gasteiger partial charge in [-0.05, 0) is 43.9 Å². The minimum absolute atomic E-state index is 0.0198. The van der Waals surface area contributed by atoms with E-state index in [1.165, 1.54) is 12.8 Å². The summed E-state index contributed by atoms with van der Waals surface area (Å²) in [7, 11) is 0. The molecule has 0 aliphatic heterocycles. The first-order chi connectivity index (χ1) is 9.06. The molecule has 1 aliphatic carbocycles. The molecule has 0 radical (unpaired) electrons. The molecule has 1 atom stereocenters. The number of aliphatic hydroxyl groups excluding tert-OH is 1. The SMILES string of the molecule is C[C@@H](O)c1cc(Br)ccc1OCC(=O)NCC1CC1. The lowest BCUT2D eigenvalue weighted by atomic mass is 10.1. The molecule has 1 aromatic rings. The Morgan fingerprint density at radius 3 is 2.95 bits per heavy atom. The van der Waals surface area contributed by atoms with Gasteiger partial charge in [0.2, 0.25) is 0 Å². The third-order valence-corrected chi connectivity index (χ3v) is 3.56. The van der Waals surface area contributed by atoms with E-state index in [2.05, 4.69) is 21.2 Å². The molecule has 0 saturated heterocycles. The van der Waals surface area contributed by atoms with Crippen molar-refractivity contribution in [1.82, 2.24) is 5.32 Å². The van der Waals surface area contributed by atoms with Gasteiger partial charge in [0.1, 0.15) is 5.75 Å². The zero-order valence-electron chi connectivity index (χ0n) is 10.9. The molecule has 5 heteroatoms. The largest absolute Gasteiger partial charge is 0.483 e. The van der Waals surface area contributed by atoms with E-state index in [4.69, 9.17) is 4.74 Å². The molecule has 0 spiro atoms. The Kier molecular flexibility index (Phi) is 4.82. The molecule has 1 fully saturated rings. The molecule has 1 aromatic carbocycles. The van der Waals surface area contributed by atoms with Crippen molar-refractivity contribution in [3.8, 4) is 5.75 Å². The Morgan fingerprint density at radius 1 is 1.58 bits per heavy atom. The molecule has 1 amide bonds. The minimum Gasteiger partial charge on any atom is -0.483 e. The number of benzene rings is 1. The average Bonchev–Trinajstić information content (AvgIpc) is 3.18. The molecule has 2 N–H and O–H groups in total. The molecule has 1 saturated carbocycles. The van der Waals surface area contributed by atoms with Crippen molar-refractivity contribution < 1.29 is 14.6 Å². The van der Waals surface area contributed by atoms with E-state index in [-0.39, 0.29) is 12.5 Å². The summed E-state index contributed by atoms with van der Waals surface area (Å²) in [6.45, 7) is 2.39. The minimum atomic E-state index is -0.637. The standard InChI is InChI=1S/C14H18BrNO3/c1-9(17)12-6-11(15)4-5-13(12)19-8-14(18)16-7-10-2-3-10/h4-6,9-10,17H,2-3,7-8H2,1H3,(H,16,18)/t9-/m1/s1. The molecule has 0 unspecified atom stereocenters. The van der Waals surface area contributed by atoms with Crippen molar-refractivity contribution in [3.05, 3.63) is 28.2 Å². The van der Waals surface area contributed by atoms with Crippen molar-refractivity contribution in [2.75, 3.05) is 13.2 Å². The zero-order valence-corrected chi connectivity index (χ0v) is 12.4. The van der Waals surface area contributed by atoms with Gasteiger partial charge in [-0.2, -0.15) is 0 Å². The summed E-state index contributed by atoms with van der Waals surface area (Å²) in [6.07, 6.45) is 1.78. The summed E-state index contributed by atoms with van der Waals surface area (Å²) < 4.78 is 6.34. The molecule has 104 valence electrons. The fraction of sp³-hybridized carbons (Fsp3) is 0.500. The van der Waals surface area contributed by atoms with E-state index >= 15 is 0 Å². The van der Waals surface area contributed by atoms with Crippen molar-refractivity contribution in [2.45, 2.75) is 25.9 Å². The van der Waals surface area contributed by atoms with Gasteiger partial charge in [0.15, 0.2) is 6.61 Å².